The van der Waals surface area contributed by atoms with Crippen LogP contribution in [0.5, 0.6) is 5.75 Å². The Kier molecular flexibility index (Phi) is 10.8. The van der Waals surface area contributed by atoms with Gasteiger partial charge in [-0.15, -0.1) is 24.0 Å². The van der Waals surface area contributed by atoms with Gasteiger partial charge in [-0.05, 0) is 26.0 Å². The molecule has 0 saturated carbocycles. The Morgan fingerprint density at radius 3 is 2.59 bits per heavy atom. The maximum atomic E-state index is 5.71. The quantitative estimate of drug-likeness (QED) is 0.245. The van der Waals surface area contributed by atoms with Crippen molar-refractivity contribution in [2.24, 2.45) is 4.99 Å². The summed E-state index contributed by atoms with van der Waals surface area (Å²) in [5.41, 5.74) is 1.22. The van der Waals surface area contributed by atoms with Crippen LogP contribution in [0.1, 0.15) is 44.0 Å². The van der Waals surface area contributed by atoms with Crippen molar-refractivity contribution in [2.75, 3.05) is 26.2 Å². The summed E-state index contributed by atoms with van der Waals surface area (Å²) in [4.78, 5) is 8.89. The first-order chi connectivity index (χ1) is 12.6. The number of rotatable bonds is 9. The molecule has 7 nitrogen and oxygen atoms in total. The van der Waals surface area contributed by atoms with Crippen molar-refractivity contribution >= 4 is 29.9 Å². The van der Waals surface area contributed by atoms with E-state index in [2.05, 4.69) is 32.7 Å². The molecule has 0 spiro atoms. The van der Waals surface area contributed by atoms with Gasteiger partial charge in [-0.2, -0.15) is 4.98 Å². The molecule has 150 valence electrons. The lowest BCUT2D eigenvalue weighted by atomic mass is 10.2. The van der Waals surface area contributed by atoms with Crippen LogP contribution in [-0.2, 0) is 6.42 Å². The number of guanidine groups is 1. The van der Waals surface area contributed by atoms with Crippen molar-refractivity contribution in [3.8, 4) is 5.75 Å². The molecular formula is C19H30IN5O2. The highest BCUT2D eigenvalue weighted by atomic mass is 127. The van der Waals surface area contributed by atoms with Gasteiger partial charge in [-0.25, -0.2) is 0 Å². The van der Waals surface area contributed by atoms with E-state index in [1.807, 2.05) is 45.0 Å². The van der Waals surface area contributed by atoms with Crippen LogP contribution in [0.2, 0.25) is 0 Å². The number of hydrogen-bond acceptors (Lipinski definition) is 5. The largest absolute Gasteiger partial charge is 0.492 e. The summed E-state index contributed by atoms with van der Waals surface area (Å²) in [5.74, 6) is 3.25. The van der Waals surface area contributed by atoms with Gasteiger partial charge in [0, 0.05) is 18.9 Å². The smallest absolute Gasteiger partial charge is 0.228 e. The maximum absolute atomic E-state index is 5.71. The molecule has 0 saturated heterocycles. The molecular weight excluding hydrogens is 457 g/mol. The van der Waals surface area contributed by atoms with Crippen LogP contribution in [0.3, 0.4) is 0 Å². The second-order valence-corrected chi connectivity index (χ2v) is 6.30. The van der Waals surface area contributed by atoms with E-state index < -0.39 is 0 Å². The molecule has 2 aromatic rings. The van der Waals surface area contributed by atoms with Crippen molar-refractivity contribution in [3.63, 3.8) is 0 Å². The van der Waals surface area contributed by atoms with Crippen molar-refractivity contribution < 1.29 is 9.26 Å². The number of nitrogens with zero attached hydrogens (tertiary/aromatic N) is 3. The van der Waals surface area contributed by atoms with E-state index in [1.165, 1.54) is 5.56 Å². The predicted molar refractivity (Wildman–Crippen MR) is 118 cm³/mol. The van der Waals surface area contributed by atoms with Gasteiger partial charge in [0.25, 0.3) is 0 Å². The molecule has 2 N–H and O–H groups in total. The SMILES string of the molecule is CCNC(=NCCc1nc(C(C)C)no1)NCCOc1ccc(C)cc1.I. The Balaban J connectivity index is 0.00000364. The molecule has 1 heterocycles. The number of ether oxygens (including phenoxy) is 1. The fraction of sp³-hybridized carbons (Fsp3) is 0.526. The van der Waals surface area contributed by atoms with Crippen LogP contribution in [0.4, 0.5) is 0 Å². The summed E-state index contributed by atoms with van der Waals surface area (Å²) in [6.45, 7) is 10.8. The topological polar surface area (TPSA) is 84.6 Å². The van der Waals surface area contributed by atoms with E-state index in [4.69, 9.17) is 9.26 Å². The molecule has 0 atom stereocenters. The fourth-order valence-electron chi connectivity index (χ4n) is 2.18. The van der Waals surface area contributed by atoms with Crippen LogP contribution >= 0.6 is 24.0 Å². The molecule has 27 heavy (non-hydrogen) atoms. The zero-order chi connectivity index (χ0) is 18.8. The number of aromatic nitrogens is 2. The number of halogens is 1. The van der Waals surface area contributed by atoms with Gasteiger partial charge >= 0.3 is 0 Å². The van der Waals surface area contributed by atoms with Gasteiger partial charge in [0.1, 0.15) is 12.4 Å². The molecule has 0 bridgehead atoms. The normalized spacial score (nSPS) is 11.2. The molecule has 0 radical (unpaired) electrons. The third-order valence-electron chi connectivity index (χ3n) is 3.62. The van der Waals surface area contributed by atoms with E-state index >= 15 is 0 Å². The molecule has 0 fully saturated rings. The van der Waals surface area contributed by atoms with Crippen molar-refractivity contribution in [1.82, 2.24) is 20.8 Å². The Hall–Kier alpha value is -1.84. The third kappa shape index (κ3) is 8.59. The summed E-state index contributed by atoms with van der Waals surface area (Å²) in [5, 5.41) is 10.4. The van der Waals surface area contributed by atoms with E-state index in [-0.39, 0.29) is 29.9 Å². The predicted octanol–water partition coefficient (Wildman–Crippen LogP) is 3.30. The number of aryl methyl sites for hydroxylation is 1. The van der Waals surface area contributed by atoms with Crippen LogP contribution < -0.4 is 15.4 Å². The monoisotopic (exact) mass is 487 g/mol. The Morgan fingerprint density at radius 2 is 1.96 bits per heavy atom. The van der Waals surface area contributed by atoms with E-state index in [9.17, 15) is 0 Å². The molecule has 1 aromatic carbocycles. The molecule has 8 heteroatoms. The summed E-state index contributed by atoms with van der Waals surface area (Å²) in [6.07, 6.45) is 0.621. The Bertz CT molecular complexity index is 686. The number of hydrogen-bond donors (Lipinski definition) is 2. The lowest BCUT2D eigenvalue weighted by Crippen LogP contribution is -2.39. The second kappa shape index (κ2) is 12.5. The average Bonchev–Trinajstić information content (AvgIpc) is 3.09. The molecule has 0 amide bonds. The summed E-state index contributed by atoms with van der Waals surface area (Å²) < 4.78 is 10.9. The second-order valence-electron chi connectivity index (χ2n) is 6.30. The molecule has 0 aliphatic carbocycles. The van der Waals surface area contributed by atoms with Gasteiger partial charge in [0.15, 0.2) is 11.8 Å². The molecule has 0 aliphatic heterocycles. The number of benzene rings is 1. The first kappa shape index (κ1) is 23.2. The van der Waals surface area contributed by atoms with Crippen molar-refractivity contribution in [2.45, 2.75) is 40.0 Å². The van der Waals surface area contributed by atoms with Crippen molar-refractivity contribution in [1.29, 1.82) is 0 Å². The summed E-state index contributed by atoms with van der Waals surface area (Å²) >= 11 is 0. The maximum Gasteiger partial charge on any atom is 0.228 e. The highest BCUT2D eigenvalue weighted by molar-refractivity contribution is 14.0. The number of aliphatic imine (C=N–C) groups is 1. The van der Waals surface area contributed by atoms with Crippen molar-refractivity contribution in [3.05, 3.63) is 41.5 Å². The van der Waals surface area contributed by atoms with Gasteiger partial charge in [-0.1, -0.05) is 36.7 Å². The first-order valence-electron chi connectivity index (χ1n) is 9.12. The minimum Gasteiger partial charge on any atom is -0.492 e. The molecule has 0 unspecified atom stereocenters. The van der Waals surface area contributed by atoms with Gasteiger partial charge < -0.3 is 19.9 Å². The number of nitrogens with one attached hydrogen (secondary N) is 2. The van der Waals surface area contributed by atoms with E-state index in [0.29, 0.717) is 32.0 Å². The highest BCUT2D eigenvalue weighted by Gasteiger charge is 2.09. The first-order valence-corrected chi connectivity index (χ1v) is 9.12. The lowest BCUT2D eigenvalue weighted by Gasteiger charge is -2.12. The minimum absolute atomic E-state index is 0. The van der Waals surface area contributed by atoms with Gasteiger partial charge in [0.2, 0.25) is 5.89 Å². The standard InChI is InChI=1S/C19H29N5O2.HI/c1-5-20-19(21-11-10-17-23-18(14(2)3)24-26-17)22-12-13-25-16-8-6-15(4)7-9-16;/h6-9,14H,5,10-13H2,1-4H3,(H2,20,21,22);1H. The summed E-state index contributed by atoms with van der Waals surface area (Å²) in [7, 11) is 0. The minimum atomic E-state index is 0. The van der Waals surface area contributed by atoms with Crippen LogP contribution in [0, 0.1) is 6.92 Å². The van der Waals surface area contributed by atoms with Crippen LogP contribution in [-0.4, -0.2) is 42.3 Å². The van der Waals surface area contributed by atoms with Gasteiger partial charge in [0.05, 0.1) is 13.1 Å². The van der Waals surface area contributed by atoms with E-state index in [1.54, 1.807) is 0 Å². The third-order valence-corrected chi connectivity index (χ3v) is 3.62. The molecule has 0 aliphatic rings. The zero-order valence-corrected chi connectivity index (χ0v) is 18.8. The highest BCUT2D eigenvalue weighted by Crippen LogP contribution is 2.11. The van der Waals surface area contributed by atoms with Crippen LogP contribution in [0.15, 0.2) is 33.8 Å². The summed E-state index contributed by atoms with van der Waals surface area (Å²) in [6, 6.07) is 8.03. The Morgan fingerprint density at radius 1 is 1.22 bits per heavy atom. The van der Waals surface area contributed by atoms with Gasteiger partial charge in [-0.3, -0.25) is 4.99 Å². The fourth-order valence-corrected chi connectivity index (χ4v) is 2.18. The lowest BCUT2D eigenvalue weighted by molar-refractivity contribution is 0.322. The van der Waals surface area contributed by atoms with E-state index in [0.717, 1.165) is 24.1 Å². The average molecular weight is 487 g/mol. The molecule has 1 aromatic heterocycles. The zero-order valence-electron chi connectivity index (χ0n) is 16.5. The Labute approximate surface area is 178 Å². The van der Waals surface area contributed by atoms with Crippen LogP contribution in [0.25, 0.3) is 0 Å². The molecule has 2 rings (SSSR count).